The molecule has 8 heteroatoms. The average molecular weight is 490 g/mol. The summed E-state index contributed by atoms with van der Waals surface area (Å²) in [6, 6.07) is 15.1. The summed E-state index contributed by atoms with van der Waals surface area (Å²) < 4.78 is 27.4. The lowest BCUT2D eigenvalue weighted by Crippen LogP contribution is -2.45. The zero-order valence-corrected chi connectivity index (χ0v) is 20.5. The SMILES string of the molecule is O=C(NCc1ccccc1CN1CCCC1)[C@@H]1CCCN(S(=O)(=O)Cc2ccc(Cl)cc2)C1. The van der Waals surface area contributed by atoms with Crippen LogP contribution in [0.25, 0.3) is 0 Å². The molecule has 1 N–H and O–H groups in total. The normalized spacial score (nSPS) is 20.1. The van der Waals surface area contributed by atoms with E-state index in [1.165, 1.54) is 22.7 Å². The van der Waals surface area contributed by atoms with Crippen LogP contribution in [-0.2, 0) is 33.7 Å². The van der Waals surface area contributed by atoms with Gasteiger partial charge in [-0.1, -0.05) is 48.0 Å². The van der Waals surface area contributed by atoms with Crippen LogP contribution in [0.1, 0.15) is 42.4 Å². The number of hydrogen-bond acceptors (Lipinski definition) is 4. The van der Waals surface area contributed by atoms with Gasteiger partial charge in [-0.15, -0.1) is 0 Å². The van der Waals surface area contributed by atoms with E-state index in [1.54, 1.807) is 24.3 Å². The molecule has 2 saturated heterocycles. The van der Waals surface area contributed by atoms with Gasteiger partial charge in [0.1, 0.15) is 0 Å². The van der Waals surface area contributed by atoms with E-state index in [4.69, 9.17) is 11.6 Å². The van der Waals surface area contributed by atoms with Gasteiger partial charge in [0, 0.05) is 31.2 Å². The number of benzene rings is 2. The molecule has 1 atom stereocenters. The molecule has 0 unspecified atom stereocenters. The summed E-state index contributed by atoms with van der Waals surface area (Å²) >= 11 is 5.90. The molecule has 2 aromatic rings. The first-order chi connectivity index (χ1) is 15.9. The lowest BCUT2D eigenvalue weighted by Gasteiger charge is -2.31. The summed E-state index contributed by atoms with van der Waals surface area (Å²) in [5, 5.41) is 3.65. The molecule has 2 aliphatic heterocycles. The Morgan fingerprint density at radius 2 is 1.67 bits per heavy atom. The molecule has 33 heavy (non-hydrogen) atoms. The van der Waals surface area contributed by atoms with Gasteiger partial charge in [0.05, 0.1) is 11.7 Å². The van der Waals surface area contributed by atoms with E-state index in [9.17, 15) is 13.2 Å². The van der Waals surface area contributed by atoms with Gasteiger partial charge in [-0.3, -0.25) is 9.69 Å². The molecule has 2 aromatic carbocycles. The number of rotatable bonds is 8. The minimum Gasteiger partial charge on any atom is -0.352 e. The Kier molecular flexibility index (Phi) is 8.07. The number of carbonyl (C=O) groups excluding carboxylic acids is 1. The molecule has 4 rings (SSSR count). The van der Waals surface area contributed by atoms with Crippen molar-refractivity contribution in [2.75, 3.05) is 26.2 Å². The summed E-state index contributed by atoms with van der Waals surface area (Å²) in [4.78, 5) is 15.4. The fraction of sp³-hybridized carbons (Fsp3) is 0.480. The minimum absolute atomic E-state index is 0.0719. The summed E-state index contributed by atoms with van der Waals surface area (Å²) in [6.45, 7) is 4.32. The highest BCUT2D eigenvalue weighted by molar-refractivity contribution is 7.88. The van der Waals surface area contributed by atoms with Crippen molar-refractivity contribution in [1.82, 2.24) is 14.5 Å². The number of likely N-dealkylation sites (tertiary alicyclic amines) is 1. The molecular weight excluding hydrogens is 458 g/mol. The Balaban J connectivity index is 1.34. The first-order valence-electron chi connectivity index (χ1n) is 11.7. The molecule has 6 nitrogen and oxygen atoms in total. The summed E-state index contributed by atoms with van der Waals surface area (Å²) in [6.07, 6.45) is 3.88. The second-order valence-corrected chi connectivity index (χ2v) is 11.5. The van der Waals surface area contributed by atoms with E-state index in [-0.39, 0.29) is 24.1 Å². The van der Waals surface area contributed by atoms with E-state index in [1.807, 2.05) is 12.1 Å². The van der Waals surface area contributed by atoms with Crippen LogP contribution in [0.3, 0.4) is 0 Å². The number of nitrogens with one attached hydrogen (secondary N) is 1. The highest BCUT2D eigenvalue weighted by Gasteiger charge is 2.32. The van der Waals surface area contributed by atoms with Gasteiger partial charge in [-0.2, -0.15) is 0 Å². The Morgan fingerprint density at radius 1 is 0.970 bits per heavy atom. The van der Waals surface area contributed by atoms with Gasteiger partial charge >= 0.3 is 0 Å². The number of amides is 1. The molecular formula is C25H32ClN3O3S. The molecule has 0 saturated carbocycles. The number of carbonyl (C=O) groups is 1. The number of nitrogens with zero attached hydrogens (tertiary/aromatic N) is 2. The van der Waals surface area contributed by atoms with Crippen LogP contribution in [0.5, 0.6) is 0 Å². The lowest BCUT2D eigenvalue weighted by atomic mass is 9.98. The monoisotopic (exact) mass is 489 g/mol. The van der Waals surface area contributed by atoms with Crippen LogP contribution >= 0.6 is 11.6 Å². The molecule has 2 aliphatic rings. The van der Waals surface area contributed by atoms with Gasteiger partial charge in [0.2, 0.25) is 15.9 Å². The van der Waals surface area contributed by atoms with Crippen molar-refractivity contribution in [2.24, 2.45) is 5.92 Å². The zero-order valence-electron chi connectivity index (χ0n) is 18.9. The van der Waals surface area contributed by atoms with Crippen LogP contribution in [0.4, 0.5) is 0 Å². The molecule has 0 spiro atoms. The maximum atomic E-state index is 13.0. The smallest absolute Gasteiger partial charge is 0.224 e. The van der Waals surface area contributed by atoms with Gasteiger partial charge in [0.25, 0.3) is 0 Å². The summed E-state index contributed by atoms with van der Waals surface area (Å²) in [5.41, 5.74) is 3.07. The van der Waals surface area contributed by atoms with Crippen LogP contribution in [0.2, 0.25) is 5.02 Å². The maximum absolute atomic E-state index is 13.0. The van der Waals surface area contributed by atoms with Crippen LogP contribution in [0.15, 0.2) is 48.5 Å². The molecule has 2 fully saturated rings. The van der Waals surface area contributed by atoms with Crippen LogP contribution < -0.4 is 5.32 Å². The summed E-state index contributed by atoms with van der Waals surface area (Å²) in [7, 11) is -3.50. The number of piperidine rings is 1. The van der Waals surface area contributed by atoms with Gasteiger partial charge < -0.3 is 5.32 Å². The highest BCUT2D eigenvalue weighted by Crippen LogP contribution is 2.23. The molecule has 0 aromatic heterocycles. The average Bonchev–Trinajstić information content (AvgIpc) is 3.33. The van der Waals surface area contributed by atoms with Crippen molar-refractivity contribution in [3.05, 3.63) is 70.2 Å². The highest BCUT2D eigenvalue weighted by atomic mass is 35.5. The Morgan fingerprint density at radius 3 is 2.39 bits per heavy atom. The lowest BCUT2D eigenvalue weighted by molar-refractivity contribution is -0.126. The van der Waals surface area contributed by atoms with Crippen LogP contribution in [-0.4, -0.2) is 49.7 Å². The van der Waals surface area contributed by atoms with Crippen molar-refractivity contribution in [3.63, 3.8) is 0 Å². The molecule has 2 heterocycles. The first-order valence-corrected chi connectivity index (χ1v) is 13.7. The topological polar surface area (TPSA) is 69.7 Å². The molecule has 0 aliphatic carbocycles. The Hall–Kier alpha value is -1.93. The minimum atomic E-state index is -3.50. The van der Waals surface area contributed by atoms with Gasteiger partial charge in [-0.25, -0.2) is 12.7 Å². The van der Waals surface area contributed by atoms with Crippen molar-refractivity contribution >= 4 is 27.5 Å². The Bertz CT molecular complexity index is 1050. The van der Waals surface area contributed by atoms with Gasteiger partial charge in [-0.05, 0) is 67.6 Å². The largest absolute Gasteiger partial charge is 0.352 e. The standard InChI is InChI=1S/C25H32ClN3O3S/c26-24-11-9-20(10-12-24)19-33(31,32)29-15-5-8-23(18-29)25(30)27-16-21-6-1-2-7-22(21)17-28-13-3-4-14-28/h1-2,6-7,9-12,23H,3-5,8,13-19H2,(H,27,30)/t23-/m1/s1. The van der Waals surface area contributed by atoms with Crippen molar-refractivity contribution in [1.29, 1.82) is 0 Å². The first kappa shape index (κ1) is 24.2. The number of sulfonamides is 1. The fourth-order valence-corrected chi connectivity index (χ4v) is 6.42. The third kappa shape index (κ3) is 6.57. The van der Waals surface area contributed by atoms with E-state index in [0.29, 0.717) is 36.5 Å². The fourth-order valence-electron chi connectivity index (χ4n) is 4.68. The van der Waals surface area contributed by atoms with E-state index < -0.39 is 10.0 Å². The third-order valence-corrected chi connectivity index (χ3v) is 8.64. The van der Waals surface area contributed by atoms with Gasteiger partial charge in [0.15, 0.2) is 0 Å². The number of halogens is 1. The second kappa shape index (κ2) is 11.0. The van der Waals surface area contributed by atoms with Crippen molar-refractivity contribution in [3.8, 4) is 0 Å². The summed E-state index contributed by atoms with van der Waals surface area (Å²) in [5.74, 6) is -0.482. The maximum Gasteiger partial charge on any atom is 0.224 e. The van der Waals surface area contributed by atoms with E-state index >= 15 is 0 Å². The quantitative estimate of drug-likeness (QED) is 0.612. The Labute approximate surface area is 202 Å². The van der Waals surface area contributed by atoms with Crippen LogP contribution in [0, 0.1) is 5.92 Å². The second-order valence-electron chi connectivity index (χ2n) is 9.05. The van der Waals surface area contributed by atoms with Crippen molar-refractivity contribution in [2.45, 2.75) is 44.5 Å². The molecule has 0 radical (unpaired) electrons. The van der Waals surface area contributed by atoms with E-state index in [2.05, 4.69) is 22.3 Å². The van der Waals surface area contributed by atoms with Crippen molar-refractivity contribution < 1.29 is 13.2 Å². The number of hydrogen-bond donors (Lipinski definition) is 1. The molecule has 178 valence electrons. The third-order valence-electron chi connectivity index (χ3n) is 6.57. The predicted molar refractivity (Wildman–Crippen MR) is 131 cm³/mol. The molecule has 0 bridgehead atoms. The predicted octanol–water partition coefficient (Wildman–Crippen LogP) is 3.79. The zero-order chi connectivity index (χ0) is 23.3. The molecule has 1 amide bonds. The van der Waals surface area contributed by atoms with E-state index in [0.717, 1.165) is 25.2 Å².